The Bertz CT molecular complexity index is 931. The van der Waals surface area contributed by atoms with Crippen LogP contribution in [0.4, 0.5) is 0 Å². The number of hydrogen-bond acceptors (Lipinski definition) is 1. The molecular weight excluding hydrogens is 497 g/mol. The Balaban J connectivity index is 0.00000210. The first kappa shape index (κ1) is 26.4. The van der Waals surface area contributed by atoms with Crippen LogP contribution in [-0.2, 0) is 24.4 Å². The van der Waals surface area contributed by atoms with Crippen LogP contribution in [0, 0.1) is 0 Å². The van der Waals surface area contributed by atoms with E-state index in [1.807, 2.05) is 36.9 Å². The summed E-state index contributed by atoms with van der Waals surface area (Å²) < 4.78 is 10.4. The minimum atomic E-state index is -0.265. The first-order chi connectivity index (χ1) is 13.0. The molecule has 0 bridgehead atoms. The molecule has 2 aromatic carbocycles. The summed E-state index contributed by atoms with van der Waals surface area (Å²) in [6.45, 7) is 3.95. The van der Waals surface area contributed by atoms with E-state index in [0.29, 0.717) is 33.2 Å². The molecule has 1 atom stereocenters. The zero-order chi connectivity index (χ0) is 19.4. The van der Waals surface area contributed by atoms with E-state index in [1.165, 1.54) is 0 Å². The Labute approximate surface area is 203 Å². The molecule has 0 fully saturated rings. The Morgan fingerprint density at radius 1 is 1.00 bits per heavy atom. The van der Waals surface area contributed by atoms with Gasteiger partial charge in [-0.2, -0.15) is 0 Å². The third kappa shape index (κ3) is 7.22. The van der Waals surface area contributed by atoms with Crippen molar-refractivity contribution in [2.24, 2.45) is 0 Å². The summed E-state index contributed by atoms with van der Waals surface area (Å²) in [7, 11) is 0. The lowest BCUT2D eigenvalue weighted by atomic mass is 10.1. The zero-order valence-electron chi connectivity index (χ0n) is 15.5. The molecule has 0 saturated heterocycles. The van der Waals surface area contributed by atoms with E-state index in [0.717, 1.165) is 17.7 Å². The summed E-state index contributed by atoms with van der Waals surface area (Å²) in [5, 5.41) is 2.34. The van der Waals surface area contributed by atoms with Crippen LogP contribution in [0.15, 0.2) is 55.1 Å². The maximum Gasteiger partial charge on any atom is 0.243 e. The average molecular weight is 517 g/mol. The molecule has 1 heterocycles. The van der Waals surface area contributed by atoms with Crippen LogP contribution in [0.5, 0.6) is 0 Å². The average Bonchev–Trinajstić information content (AvgIpc) is 3.08. The zero-order valence-corrected chi connectivity index (χ0v) is 20.1. The maximum absolute atomic E-state index is 6.43. The highest BCUT2D eigenvalue weighted by Crippen LogP contribution is 2.30. The van der Waals surface area contributed by atoms with E-state index in [-0.39, 0.29) is 30.9 Å². The molecule has 158 valence electrons. The summed E-state index contributed by atoms with van der Waals surface area (Å²) in [6.07, 6.45) is 5.81. The number of aryl methyl sites for hydroxylation is 1. The van der Waals surface area contributed by atoms with Crippen molar-refractivity contribution >= 4 is 58.8 Å². The molecule has 0 amide bonds. The first-order valence-corrected chi connectivity index (χ1v) is 10.0. The number of benzene rings is 2. The summed E-state index contributed by atoms with van der Waals surface area (Å²) in [6, 6.07) is 10.8. The number of imidazole rings is 1. The molecule has 3 aromatic rings. The highest BCUT2D eigenvalue weighted by Gasteiger charge is 2.20. The van der Waals surface area contributed by atoms with Crippen molar-refractivity contribution in [3.63, 3.8) is 0 Å². The Kier molecular flexibility index (Phi) is 11.2. The van der Waals surface area contributed by atoms with Gasteiger partial charge in [0.15, 0.2) is 0 Å². The lowest BCUT2D eigenvalue weighted by molar-refractivity contribution is -0.704. The van der Waals surface area contributed by atoms with Gasteiger partial charge in [-0.05, 0) is 36.8 Å². The molecule has 0 aliphatic heterocycles. The van der Waals surface area contributed by atoms with Crippen LogP contribution in [0.25, 0.3) is 0 Å². The molecule has 3 rings (SSSR count). The summed E-state index contributed by atoms with van der Waals surface area (Å²) >= 11 is 24.7. The first-order valence-electron chi connectivity index (χ1n) is 8.51. The van der Waals surface area contributed by atoms with E-state index >= 15 is 0 Å². The second-order valence-electron chi connectivity index (χ2n) is 6.14. The SMILES string of the molecule is CCn1cc[n+](CC(OCc2ccc(Cl)cc2Cl)c2ccc(Cl)cc2Cl)c1.Cl.[Cl-]. The van der Waals surface area contributed by atoms with Gasteiger partial charge in [0.25, 0.3) is 0 Å². The van der Waals surface area contributed by atoms with E-state index in [1.54, 1.807) is 18.2 Å². The second kappa shape index (κ2) is 12.3. The molecular formula is C20H20Cl6N2O. The van der Waals surface area contributed by atoms with Crippen LogP contribution in [0.1, 0.15) is 24.2 Å². The van der Waals surface area contributed by atoms with Crippen molar-refractivity contribution in [3.05, 3.63) is 86.3 Å². The predicted molar refractivity (Wildman–Crippen MR) is 118 cm³/mol. The van der Waals surface area contributed by atoms with E-state index in [2.05, 4.69) is 16.1 Å². The van der Waals surface area contributed by atoms with Gasteiger partial charge >= 0.3 is 0 Å². The number of ether oxygens (including phenoxy) is 1. The van der Waals surface area contributed by atoms with Crippen molar-refractivity contribution < 1.29 is 21.7 Å². The highest BCUT2D eigenvalue weighted by atomic mass is 35.5. The highest BCUT2D eigenvalue weighted by molar-refractivity contribution is 6.35. The smallest absolute Gasteiger partial charge is 0.243 e. The van der Waals surface area contributed by atoms with Gasteiger partial charge in [-0.15, -0.1) is 12.4 Å². The topological polar surface area (TPSA) is 18.0 Å². The summed E-state index contributed by atoms with van der Waals surface area (Å²) in [5.74, 6) is 0. The van der Waals surface area contributed by atoms with Crippen molar-refractivity contribution in [3.8, 4) is 0 Å². The maximum atomic E-state index is 6.43. The van der Waals surface area contributed by atoms with Gasteiger partial charge in [-0.1, -0.05) is 58.5 Å². The number of rotatable bonds is 7. The molecule has 1 aromatic heterocycles. The molecule has 0 radical (unpaired) electrons. The van der Waals surface area contributed by atoms with Gasteiger partial charge in [0, 0.05) is 25.7 Å². The minimum Gasteiger partial charge on any atom is -1.00 e. The number of halogens is 6. The van der Waals surface area contributed by atoms with Crippen LogP contribution in [-0.4, -0.2) is 4.57 Å². The third-order valence-electron chi connectivity index (χ3n) is 4.25. The van der Waals surface area contributed by atoms with Crippen LogP contribution < -0.4 is 17.0 Å². The monoisotopic (exact) mass is 514 g/mol. The van der Waals surface area contributed by atoms with Crippen LogP contribution >= 0.6 is 58.8 Å². The predicted octanol–water partition coefficient (Wildman–Crippen LogP) is 3.79. The van der Waals surface area contributed by atoms with Gasteiger partial charge in [-0.25, -0.2) is 9.13 Å². The van der Waals surface area contributed by atoms with E-state index < -0.39 is 0 Å². The van der Waals surface area contributed by atoms with E-state index in [9.17, 15) is 0 Å². The Hall–Kier alpha value is -0.650. The molecule has 0 N–H and O–H groups in total. The molecule has 0 aliphatic carbocycles. The fourth-order valence-electron chi connectivity index (χ4n) is 2.76. The Morgan fingerprint density at radius 3 is 2.24 bits per heavy atom. The normalized spacial score (nSPS) is 11.5. The van der Waals surface area contributed by atoms with Crippen LogP contribution in [0.2, 0.25) is 20.1 Å². The standard InChI is InChI=1S/C20H19Cl4N2O.2ClH/c1-2-25-7-8-26(13-25)11-20(17-6-5-16(22)10-19(17)24)27-12-14-3-4-15(21)9-18(14)23;;/h3-10,13,20H,2,11-12H2,1H3;2*1H/q+1;;/p-1. The number of nitrogens with zero attached hydrogens (tertiary/aromatic N) is 2. The summed E-state index contributed by atoms with van der Waals surface area (Å²) in [5.41, 5.74) is 1.75. The van der Waals surface area contributed by atoms with Crippen molar-refractivity contribution in [2.45, 2.75) is 32.7 Å². The quantitative estimate of drug-likeness (QED) is 0.437. The van der Waals surface area contributed by atoms with Crippen molar-refractivity contribution in [1.29, 1.82) is 0 Å². The van der Waals surface area contributed by atoms with Gasteiger partial charge in [0.1, 0.15) is 25.0 Å². The second-order valence-corrected chi connectivity index (χ2v) is 7.83. The molecule has 3 nitrogen and oxygen atoms in total. The fraction of sp³-hybridized carbons (Fsp3) is 0.250. The van der Waals surface area contributed by atoms with Crippen molar-refractivity contribution in [1.82, 2.24) is 4.57 Å². The molecule has 9 heteroatoms. The molecule has 0 aliphatic rings. The minimum absolute atomic E-state index is 0. The van der Waals surface area contributed by atoms with E-state index in [4.69, 9.17) is 51.1 Å². The fourth-order valence-corrected chi connectivity index (χ4v) is 3.75. The number of aromatic nitrogens is 2. The largest absolute Gasteiger partial charge is 1.00 e. The van der Waals surface area contributed by atoms with Gasteiger partial charge in [0.05, 0.1) is 13.2 Å². The third-order valence-corrected chi connectivity index (χ3v) is 5.40. The molecule has 0 saturated carbocycles. The summed E-state index contributed by atoms with van der Waals surface area (Å²) in [4.78, 5) is 0. The van der Waals surface area contributed by atoms with Gasteiger partial charge < -0.3 is 17.1 Å². The Morgan fingerprint density at radius 2 is 1.66 bits per heavy atom. The molecule has 29 heavy (non-hydrogen) atoms. The number of hydrogen-bond donors (Lipinski definition) is 0. The van der Waals surface area contributed by atoms with Gasteiger partial charge in [-0.3, -0.25) is 0 Å². The lowest BCUT2D eigenvalue weighted by Gasteiger charge is -2.19. The van der Waals surface area contributed by atoms with Gasteiger partial charge in [0.2, 0.25) is 6.33 Å². The molecule has 1 unspecified atom stereocenters. The van der Waals surface area contributed by atoms with Crippen LogP contribution in [0.3, 0.4) is 0 Å². The van der Waals surface area contributed by atoms with Crippen molar-refractivity contribution in [2.75, 3.05) is 0 Å². The lowest BCUT2D eigenvalue weighted by Crippen LogP contribution is -3.00. The molecule has 0 spiro atoms.